The first kappa shape index (κ1) is 24.0. The maximum Gasteiger partial charge on any atom is 0.349 e. The standard InChI is InChI=1S/C26H31NO4S2/c1-2-20-13-15-27(14-8-16-30-21-9-4-3-5-10-21)19-22(20)31-25(28)26(29,23-11-6-17-32-23)24-12-7-18-33-24/h3-7,9-12,17-18,20,22,29H,2,8,13-16,19H2,1H3/p+1. The fourth-order valence-corrected chi connectivity index (χ4v) is 6.22. The van der Waals surface area contributed by atoms with E-state index in [2.05, 4.69) is 6.92 Å². The van der Waals surface area contributed by atoms with Crippen molar-refractivity contribution in [1.29, 1.82) is 0 Å². The fraction of sp³-hybridized carbons (Fsp3) is 0.423. The minimum absolute atomic E-state index is 0.201. The van der Waals surface area contributed by atoms with E-state index in [0.717, 1.165) is 44.6 Å². The Morgan fingerprint density at radius 2 is 1.79 bits per heavy atom. The number of benzene rings is 1. The molecule has 1 aromatic carbocycles. The Morgan fingerprint density at radius 1 is 1.09 bits per heavy atom. The summed E-state index contributed by atoms with van der Waals surface area (Å²) in [4.78, 5) is 16.0. The molecule has 0 aliphatic carbocycles. The number of quaternary nitrogens is 1. The molecule has 0 bridgehead atoms. The first-order chi connectivity index (χ1) is 16.1. The number of hydrogen-bond acceptors (Lipinski definition) is 6. The van der Waals surface area contributed by atoms with Crippen molar-refractivity contribution < 1.29 is 24.3 Å². The van der Waals surface area contributed by atoms with Crippen LogP contribution in [0.15, 0.2) is 65.4 Å². The SMILES string of the molecule is CCC1CC[NH+](CCCOc2ccccc2)CC1OC(=O)C(O)(c1cccs1)c1cccs1. The predicted octanol–water partition coefficient (Wildman–Crippen LogP) is 3.74. The molecule has 5 nitrogen and oxygen atoms in total. The summed E-state index contributed by atoms with van der Waals surface area (Å²) in [6.45, 7) is 5.62. The highest BCUT2D eigenvalue weighted by Crippen LogP contribution is 2.37. The van der Waals surface area contributed by atoms with Crippen LogP contribution in [0, 0.1) is 5.92 Å². The molecule has 4 rings (SSSR count). The molecule has 0 amide bonds. The summed E-state index contributed by atoms with van der Waals surface area (Å²) in [5.74, 6) is 0.643. The number of carbonyl (C=O) groups excluding carboxylic acids is 1. The minimum atomic E-state index is -1.75. The van der Waals surface area contributed by atoms with Gasteiger partial charge in [0.2, 0.25) is 5.60 Å². The van der Waals surface area contributed by atoms with Gasteiger partial charge in [-0.1, -0.05) is 37.3 Å². The van der Waals surface area contributed by atoms with Gasteiger partial charge < -0.3 is 19.5 Å². The van der Waals surface area contributed by atoms with E-state index in [4.69, 9.17) is 9.47 Å². The number of ether oxygens (including phenoxy) is 2. The van der Waals surface area contributed by atoms with Crippen LogP contribution in [-0.4, -0.2) is 43.4 Å². The third-order valence-corrected chi connectivity index (χ3v) is 8.36. The quantitative estimate of drug-likeness (QED) is 0.339. The van der Waals surface area contributed by atoms with Crippen LogP contribution >= 0.6 is 22.7 Å². The molecule has 0 spiro atoms. The van der Waals surface area contributed by atoms with Crippen LogP contribution in [0.5, 0.6) is 5.75 Å². The largest absolute Gasteiger partial charge is 0.493 e. The van der Waals surface area contributed by atoms with E-state index < -0.39 is 11.6 Å². The van der Waals surface area contributed by atoms with E-state index >= 15 is 0 Å². The smallest absolute Gasteiger partial charge is 0.349 e. The number of carbonyl (C=O) groups is 1. The highest BCUT2D eigenvalue weighted by atomic mass is 32.1. The Balaban J connectivity index is 1.38. The highest BCUT2D eigenvalue weighted by Gasteiger charge is 2.46. The number of rotatable bonds is 10. The predicted molar refractivity (Wildman–Crippen MR) is 132 cm³/mol. The second-order valence-corrected chi connectivity index (χ2v) is 10.4. The molecular weight excluding hydrogens is 454 g/mol. The third kappa shape index (κ3) is 5.66. The number of esters is 1. The molecule has 1 aliphatic rings. The van der Waals surface area contributed by atoms with Gasteiger partial charge in [0.25, 0.3) is 0 Å². The molecule has 3 heterocycles. The van der Waals surface area contributed by atoms with Gasteiger partial charge >= 0.3 is 5.97 Å². The number of likely N-dealkylation sites (tertiary alicyclic amines) is 1. The molecular formula is C26H32NO4S2+. The maximum absolute atomic E-state index is 13.4. The van der Waals surface area contributed by atoms with Crippen LogP contribution in [0.4, 0.5) is 0 Å². The van der Waals surface area contributed by atoms with Crippen molar-refractivity contribution in [1.82, 2.24) is 0 Å². The number of thiophene rings is 2. The maximum atomic E-state index is 13.4. The summed E-state index contributed by atoms with van der Waals surface area (Å²) in [6, 6.07) is 17.2. The summed E-state index contributed by atoms with van der Waals surface area (Å²) in [7, 11) is 0. The van der Waals surface area contributed by atoms with Crippen LogP contribution < -0.4 is 9.64 Å². The normalized spacial score (nSPS) is 21.0. The minimum Gasteiger partial charge on any atom is -0.493 e. The van der Waals surface area contributed by atoms with Crippen LogP contribution in [0.3, 0.4) is 0 Å². The lowest BCUT2D eigenvalue weighted by Gasteiger charge is -2.36. The molecule has 0 saturated carbocycles. The van der Waals surface area contributed by atoms with E-state index in [1.54, 1.807) is 12.1 Å². The summed E-state index contributed by atoms with van der Waals surface area (Å²) in [6.07, 6.45) is 2.71. The zero-order valence-electron chi connectivity index (χ0n) is 18.9. The van der Waals surface area contributed by atoms with Gasteiger partial charge in [0, 0.05) is 18.8 Å². The van der Waals surface area contributed by atoms with Gasteiger partial charge in [-0.15, -0.1) is 22.7 Å². The van der Waals surface area contributed by atoms with Gasteiger partial charge in [-0.2, -0.15) is 0 Å². The van der Waals surface area contributed by atoms with Crippen molar-refractivity contribution in [3.05, 3.63) is 75.1 Å². The van der Waals surface area contributed by atoms with E-state index in [1.807, 2.05) is 53.2 Å². The topological polar surface area (TPSA) is 60.2 Å². The van der Waals surface area contributed by atoms with Crippen molar-refractivity contribution in [2.45, 2.75) is 37.9 Å². The molecule has 33 heavy (non-hydrogen) atoms. The zero-order chi connectivity index (χ0) is 23.1. The number of para-hydroxylation sites is 1. The van der Waals surface area contributed by atoms with Crippen molar-refractivity contribution in [3.8, 4) is 5.75 Å². The van der Waals surface area contributed by atoms with Crippen LogP contribution in [0.1, 0.15) is 35.9 Å². The fourth-order valence-electron chi connectivity index (χ4n) is 4.50. The average Bonchev–Trinajstić information content (AvgIpc) is 3.57. The lowest BCUT2D eigenvalue weighted by molar-refractivity contribution is -0.909. The van der Waals surface area contributed by atoms with Crippen molar-refractivity contribution in [3.63, 3.8) is 0 Å². The second-order valence-electron chi connectivity index (χ2n) is 8.53. The summed E-state index contributed by atoms with van der Waals surface area (Å²) in [5, 5.41) is 15.3. The molecule has 1 saturated heterocycles. The first-order valence-corrected chi connectivity index (χ1v) is 13.4. The van der Waals surface area contributed by atoms with Crippen molar-refractivity contribution >= 4 is 28.6 Å². The van der Waals surface area contributed by atoms with Gasteiger partial charge in [0.15, 0.2) is 6.10 Å². The van der Waals surface area contributed by atoms with E-state index in [-0.39, 0.29) is 6.10 Å². The Morgan fingerprint density at radius 3 is 2.39 bits per heavy atom. The van der Waals surface area contributed by atoms with Gasteiger partial charge in [-0.3, -0.25) is 0 Å². The van der Waals surface area contributed by atoms with Gasteiger partial charge in [0.05, 0.1) is 29.5 Å². The average molecular weight is 487 g/mol. The van der Waals surface area contributed by atoms with Crippen molar-refractivity contribution in [2.24, 2.45) is 5.92 Å². The number of nitrogens with one attached hydrogen (secondary N) is 1. The second kappa shape index (κ2) is 11.3. The monoisotopic (exact) mass is 486 g/mol. The van der Waals surface area contributed by atoms with E-state index in [1.165, 1.54) is 27.6 Å². The lowest BCUT2D eigenvalue weighted by Crippen LogP contribution is -3.14. The Bertz CT molecular complexity index is 941. The Labute approximate surface area is 203 Å². The van der Waals surface area contributed by atoms with Crippen LogP contribution in [0.25, 0.3) is 0 Å². The van der Waals surface area contributed by atoms with Gasteiger partial charge in [0.1, 0.15) is 12.3 Å². The lowest BCUT2D eigenvalue weighted by atomic mass is 9.90. The van der Waals surface area contributed by atoms with Crippen LogP contribution in [0.2, 0.25) is 0 Å². The number of piperidine rings is 1. The summed E-state index contributed by atoms with van der Waals surface area (Å²) < 4.78 is 11.9. The van der Waals surface area contributed by atoms with Crippen molar-refractivity contribution in [2.75, 3.05) is 26.2 Å². The molecule has 176 valence electrons. The van der Waals surface area contributed by atoms with E-state index in [9.17, 15) is 9.90 Å². The molecule has 1 aliphatic heterocycles. The molecule has 1 fully saturated rings. The molecule has 7 heteroatoms. The van der Waals surface area contributed by atoms with Gasteiger partial charge in [-0.05, 0) is 41.4 Å². The Kier molecular flexibility index (Phi) is 8.20. The molecule has 3 aromatic rings. The van der Waals surface area contributed by atoms with Gasteiger partial charge in [-0.25, -0.2) is 4.79 Å². The molecule has 3 unspecified atom stereocenters. The highest BCUT2D eigenvalue weighted by molar-refractivity contribution is 7.12. The summed E-state index contributed by atoms with van der Waals surface area (Å²) >= 11 is 2.75. The first-order valence-electron chi connectivity index (χ1n) is 11.6. The molecule has 0 radical (unpaired) electrons. The molecule has 2 aromatic heterocycles. The molecule has 2 N–H and O–H groups in total. The zero-order valence-corrected chi connectivity index (χ0v) is 20.6. The third-order valence-electron chi connectivity index (χ3n) is 6.40. The number of aliphatic hydroxyl groups is 1. The Hall–Kier alpha value is -2.19. The summed E-state index contributed by atoms with van der Waals surface area (Å²) in [5.41, 5.74) is -1.75. The molecule has 3 atom stereocenters. The van der Waals surface area contributed by atoms with E-state index in [0.29, 0.717) is 22.3 Å². The number of hydrogen-bond donors (Lipinski definition) is 2. The van der Waals surface area contributed by atoms with Crippen LogP contribution in [-0.2, 0) is 15.1 Å².